The van der Waals surface area contributed by atoms with Gasteiger partial charge in [0, 0.05) is 6.42 Å². The molecule has 0 amide bonds. The van der Waals surface area contributed by atoms with E-state index in [1.165, 1.54) is 44.6 Å². The lowest BCUT2D eigenvalue weighted by Gasteiger charge is -2.19. The van der Waals surface area contributed by atoms with Gasteiger partial charge in [0.2, 0.25) is 0 Å². The van der Waals surface area contributed by atoms with E-state index in [9.17, 15) is 14.4 Å². The lowest BCUT2D eigenvalue weighted by Crippen LogP contribution is -2.32. The van der Waals surface area contributed by atoms with Gasteiger partial charge in [0.05, 0.1) is 13.2 Å². The Morgan fingerprint density at radius 1 is 0.818 bits per heavy atom. The molecule has 0 aromatic heterocycles. The average Bonchev–Trinajstić information content (AvgIpc) is 2.75. The average molecular weight is 461 g/mol. The molecule has 0 heterocycles. The Kier molecular flexibility index (Phi) is 13.7. The Labute approximate surface area is 200 Å². The first-order chi connectivity index (χ1) is 15.7. The zero-order valence-electron chi connectivity index (χ0n) is 21.4. The molecule has 0 aliphatic heterocycles. The van der Waals surface area contributed by atoms with Gasteiger partial charge in [0.1, 0.15) is 5.75 Å². The zero-order valence-corrected chi connectivity index (χ0v) is 21.4. The highest BCUT2D eigenvalue weighted by Crippen LogP contribution is 2.24. The molecule has 1 unspecified atom stereocenters. The van der Waals surface area contributed by atoms with Crippen molar-refractivity contribution in [1.82, 2.24) is 0 Å². The van der Waals surface area contributed by atoms with Crippen LogP contribution < -0.4 is 4.74 Å². The number of rotatable bonds is 17. The Morgan fingerprint density at radius 3 is 1.94 bits per heavy atom. The SMILES string of the molecule is CCCCCCCCCCOC(=O)C(C(C)=O)C(=O)CCCOc1ccc(C(C)(C)C)cc1. The van der Waals surface area contributed by atoms with Crippen LogP contribution in [0, 0.1) is 5.92 Å². The number of hydrogen-bond donors (Lipinski definition) is 0. The first-order valence-corrected chi connectivity index (χ1v) is 12.6. The third-order valence-electron chi connectivity index (χ3n) is 5.76. The Bertz CT molecular complexity index is 715. The Morgan fingerprint density at radius 2 is 1.39 bits per heavy atom. The van der Waals surface area contributed by atoms with Crippen molar-refractivity contribution in [2.75, 3.05) is 13.2 Å². The van der Waals surface area contributed by atoms with E-state index in [2.05, 4.69) is 27.7 Å². The number of esters is 1. The number of ether oxygens (including phenoxy) is 2. The molecule has 1 aromatic carbocycles. The van der Waals surface area contributed by atoms with E-state index in [0.29, 0.717) is 13.0 Å². The molecular weight excluding hydrogens is 416 g/mol. The van der Waals surface area contributed by atoms with Crippen LogP contribution in [0.15, 0.2) is 24.3 Å². The maximum absolute atomic E-state index is 12.5. The van der Waals surface area contributed by atoms with Gasteiger partial charge in [-0.3, -0.25) is 14.4 Å². The van der Waals surface area contributed by atoms with Crippen molar-refractivity contribution >= 4 is 17.5 Å². The molecule has 0 saturated heterocycles. The number of unbranched alkanes of at least 4 members (excludes halogenated alkanes) is 7. The summed E-state index contributed by atoms with van der Waals surface area (Å²) < 4.78 is 10.9. The highest BCUT2D eigenvalue weighted by molar-refractivity contribution is 6.16. The quantitative estimate of drug-likeness (QED) is 0.149. The number of benzene rings is 1. The number of Topliss-reactive ketones (excluding diaryl/α,β-unsaturated/α-hetero) is 2. The predicted octanol–water partition coefficient (Wildman–Crippen LogP) is 6.60. The second kappa shape index (κ2) is 15.6. The van der Waals surface area contributed by atoms with Gasteiger partial charge < -0.3 is 9.47 Å². The molecule has 0 N–H and O–H groups in total. The van der Waals surface area contributed by atoms with Gasteiger partial charge in [0.15, 0.2) is 17.5 Å². The number of ketones is 2. The van der Waals surface area contributed by atoms with Crippen molar-refractivity contribution in [3.63, 3.8) is 0 Å². The van der Waals surface area contributed by atoms with E-state index < -0.39 is 23.5 Å². The summed E-state index contributed by atoms with van der Waals surface area (Å²) in [6, 6.07) is 7.91. The van der Waals surface area contributed by atoms with Gasteiger partial charge >= 0.3 is 5.97 Å². The molecule has 1 atom stereocenters. The van der Waals surface area contributed by atoms with E-state index in [4.69, 9.17) is 9.47 Å². The van der Waals surface area contributed by atoms with Crippen molar-refractivity contribution in [3.8, 4) is 5.75 Å². The first kappa shape index (κ1) is 28.9. The molecular formula is C28H44O5. The normalized spacial score (nSPS) is 12.3. The van der Waals surface area contributed by atoms with Gasteiger partial charge in [-0.15, -0.1) is 0 Å². The summed E-state index contributed by atoms with van der Waals surface area (Å²) in [7, 11) is 0. The molecule has 1 rings (SSSR count). The van der Waals surface area contributed by atoms with Crippen LogP contribution in [0.5, 0.6) is 5.75 Å². The summed E-state index contributed by atoms with van der Waals surface area (Å²) in [6.07, 6.45) is 9.68. The molecule has 33 heavy (non-hydrogen) atoms. The molecule has 0 saturated carbocycles. The molecule has 0 spiro atoms. The van der Waals surface area contributed by atoms with Crippen molar-refractivity contribution in [2.24, 2.45) is 5.92 Å². The van der Waals surface area contributed by atoms with Gasteiger partial charge in [-0.25, -0.2) is 0 Å². The van der Waals surface area contributed by atoms with Gasteiger partial charge in [0.25, 0.3) is 0 Å². The lowest BCUT2D eigenvalue weighted by molar-refractivity contribution is -0.155. The summed E-state index contributed by atoms with van der Waals surface area (Å²) in [5, 5.41) is 0. The predicted molar refractivity (Wildman–Crippen MR) is 133 cm³/mol. The van der Waals surface area contributed by atoms with Crippen molar-refractivity contribution in [2.45, 2.75) is 104 Å². The summed E-state index contributed by atoms with van der Waals surface area (Å²) in [5.41, 5.74) is 1.30. The number of carbonyl (C=O) groups excluding carboxylic acids is 3. The fourth-order valence-corrected chi connectivity index (χ4v) is 3.65. The highest BCUT2D eigenvalue weighted by Gasteiger charge is 2.31. The van der Waals surface area contributed by atoms with E-state index in [1.54, 1.807) is 0 Å². The summed E-state index contributed by atoms with van der Waals surface area (Å²) in [6.45, 7) is 10.5. The molecule has 5 nitrogen and oxygen atoms in total. The van der Waals surface area contributed by atoms with Gasteiger partial charge in [-0.05, 0) is 42.9 Å². The highest BCUT2D eigenvalue weighted by atomic mass is 16.5. The smallest absolute Gasteiger partial charge is 0.324 e. The van der Waals surface area contributed by atoms with Crippen LogP contribution in [0.3, 0.4) is 0 Å². The topological polar surface area (TPSA) is 69.7 Å². The van der Waals surface area contributed by atoms with E-state index >= 15 is 0 Å². The summed E-state index contributed by atoms with van der Waals surface area (Å²) in [4.78, 5) is 36.7. The van der Waals surface area contributed by atoms with Crippen LogP contribution in [-0.2, 0) is 24.5 Å². The third kappa shape index (κ3) is 12.0. The fraction of sp³-hybridized carbons (Fsp3) is 0.679. The van der Waals surface area contributed by atoms with E-state index in [0.717, 1.165) is 25.0 Å². The van der Waals surface area contributed by atoms with Crippen LogP contribution in [0.2, 0.25) is 0 Å². The fourth-order valence-electron chi connectivity index (χ4n) is 3.65. The minimum Gasteiger partial charge on any atom is -0.494 e. The van der Waals surface area contributed by atoms with Gasteiger partial charge in [-0.1, -0.05) is 84.8 Å². The minimum atomic E-state index is -1.31. The molecule has 1 aromatic rings. The second-order valence-electron chi connectivity index (χ2n) is 9.88. The van der Waals surface area contributed by atoms with Crippen LogP contribution >= 0.6 is 0 Å². The van der Waals surface area contributed by atoms with Crippen LogP contribution in [0.25, 0.3) is 0 Å². The molecule has 0 bridgehead atoms. The first-order valence-electron chi connectivity index (χ1n) is 12.6. The monoisotopic (exact) mass is 460 g/mol. The van der Waals surface area contributed by atoms with Crippen LogP contribution in [-0.4, -0.2) is 30.7 Å². The maximum Gasteiger partial charge on any atom is 0.324 e. The Balaban J connectivity index is 2.30. The molecule has 186 valence electrons. The third-order valence-corrected chi connectivity index (χ3v) is 5.76. The lowest BCUT2D eigenvalue weighted by atomic mass is 9.87. The Hall–Kier alpha value is -2.17. The van der Waals surface area contributed by atoms with Crippen molar-refractivity contribution < 1.29 is 23.9 Å². The number of hydrogen-bond acceptors (Lipinski definition) is 5. The molecule has 0 radical (unpaired) electrons. The molecule has 0 aliphatic carbocycles. The van der Waals surface area contributed by atoms with E-state index in [-0.39, 0.29) is 18.4 Å². The van der Waals surface area contributed by atoms with Gasteiger partial charge in [-0.2, -0.15) is 0 Å². The minimum absolute atomic E-state index is 0.0789. The van der Waals surface area contributed by atoms with Crippen LogP contribution in [0.4, 0.5) is 0 Å². The largest absolute Gasteiger partial charge is 0.494 e. The maximum atomic E-state index is 12.5. The second-order valence-corrected chi connectivity index (χ2v) is 9.88. The van der Waals surface area contributed by atoms with Crippen molar-refractivity contribution in [3.05, 3.63) is 29.8 Å². The number of carbonyl (C=O) groups is 3. The van der Waals surface area contributed by atoms with Crippen molar-refractivity contribution in [1.29, 1.82) is 0 Å². The van der Waals surface area contributed by atoms with Crippen LogP contribution in [0.1, 0.15) is 104 Å². The molecule has 0 aliphatic rings. The van der Waals surface area contributed by atoms with E-state index in [1.807, 2.05) is 24.3 Å². The summed E-state index contributed by atoms with van der Waals surface area (Å²) in [5.74, 6) is -2.14. The summed E-state index contributed by atoms with van der Waals surface area (Å²) >= 11 is 0. The zero-order chi connectivity index (χ0) is 24.7. The standard InChI is InChI=1S/C28H44O5/c1-6-7-8-9-10-11-12-13-20-33-27(31)26(22(2)29)25(30)15-14-21-32-24-18-16-23(17-19-24)28(3,4)5/h16-19,26H,6-15,20-21H2,1-5H3. The molecule has 0 fully saturated rings. The molecule has 5 heteroatoms.